The summed E-state index contributed by atoms with van der Waals surface area (Å²) in [5.74, 6) is -3.88. The van der Waals surface area contributed by atoms with Gasteiger partial charge in [0.1, 0.15) is 23.6 Å². The van der Waals surface area contributed by atoms with Crippen molar-refractivity contribution in [2.75, 3.05) is 25.1 Å². The molecule has 0 saturated carbocycles. The van der Waals surface area contributed by atoms with Gasteiger partial charge in [0, 0.05) is 12.8 Å². The molecule has 14 heteroatoms. The van der Waals surface area contributed by atoms with Gasteiger partial charge in [0.05, 0.1) is 25.4 Å². The van der Waals surface area contributed by atoms with Gasteiger partial charge in [-0.1, -0.05) is 53.6 Å². The summed E-state index contributed by atoms with van der Waals surface area (Å²) in [5, 5.41) is 28.4. The Morgan fingerprint density at radius 2 is 1.44 bits per heavy atom. The smallest absolute Gasteiger partial charge is 0.326 e. The number of phenolic OH excluding ortho intramolecular Hbond substituents is 1. The summed E-state index contributed by atoms with van der Waals surface area (Å²) in [4.78, 5) is 61.5. The highest BCUT2D eigenvalue weighted by atomic mass is 32.2. The van der Waals surface area contributed by atoms with Crippen LogP contribution in [0.4, 0.5) is 0 Å². The fraction of sp³-hybridized carbons (Fsp3) is 0.370. The van der Waals surface area contributed by atoms with Crippen LogP contribution >= 0.6 is 0 Å². The lowest BCUT2D eigenvalue weighted by Gasteiger charge is -2.22. The largest absolute Gasteiger partial charge is 0.617 e. The zero-order chi connectivity index (χ0) is 30.4. The maximum atomic E-state index is 12.9. The van der Waals surface area contributed by atoms with Crippen molar-refractivity contribution in [3.05, 3.63) is 65.7 Å². The first-order valence-corrected chi connectivity index (χ1v) is 14.4. The number of aliphatic carboxylic acids is 1. The van der Waals surface area contributed by atoms with Gasteiger partial charge >= 0.3 is 5.97 Å². The minimum absolute atomic E-state index is 0.0490. The number of amides is 4. The Morgan fingerprint density at radius 3 is 2.05 bits per heavy atom. The number of benzene rings is 2. The molecule has 4 atom stereocenters. The fourth-order valence-corrected chi connectivity index (χ4v) is 4.20. The van der Waals surface area contributed by atoms with Crippen molar-refractivity contribution < 1.29 is 38.7 Å². The first-order valence-electron chi connectivity index (χ1n) is 12.7. The van der Waals surface area contributed by atoms with E-state index < -0.39 is 72.0 Å². The van der Waals surface area contributed by atoms with Crippen LogP contribution < -0.4 is 27.0 Å². The van der Waals surface area contributed by atoms with Crippen molar-refractivity contribution >= 4 is 40.8 Å². The molecule has 0 fully saturated rings. The lowest BCUT2D eigenvalue weighted by atomic mass is 10.0. The molecule has 0 aliphatic rings. The Labute approximate surface area is 240 Å². The second-order valence-electron chi connectivity index (χ2n) is 9.25. The van der Waals surface area contributed by atoms with Crippen LogP contribution in [0.3, 0.4) is 0 Å². The van der Waals surface area contributed by atoms with Gasteiger partial charge in [0.25, 0.3) is 0 Å². The number of rotatable bonds is 16. The minimum atomic E-state index is -1.30. The van der Waals surface area contributed by atoms with Crippen LogP contribution in [-0.2, 0) is 48.0 Å². The van der Waals surface area contributed by atoms with Crippen molar-refractivity contribution in [1.82, 2.24) is 21.3 Å². The van der Waals surface area contributed by atoms with Crippen molar-refractivity contribution in [1.29, 1.82) is 0 Å². The summed E-state index contributed by atoms with van der Waals surface area (Å²) in [7, 11) is 0. The minimum Gasteiger partial charge on any atom is -0.617 e. The van der Waals surface area contributed by atoms with Crippen LogP contribution in [0.5, 0.6) is 5.75 Å². The Morgan fingerprint density at radius 1 is 0.829 bits per heavy atom. The van der Waals surface area contributed by atoms with Crippen molar-refractivity contribution in [2.24, 2.45) is 5.73 Å². The van der Waals surface area contributed by atoms with Crippen molar-refractivity contribution in [3.8, 4) is 5.75 Å². The van der Waals surface area contributed by atoms with E-state index in [2.05, 4.69) is 21.3 Å². The number of hydrogen-bond acceptors (Lipinski definition) is 8. The Kier molecular flexibility index (Phi) is 13.6. The maximum absolute atomic E-state index is 12.9. The molecule has 8 N–H and O–H groups in total. The first-order chi connectivity index (χ1) is 19.4. The molecule has 2 rings (SSSR count). The third-order valence-corrected chi connectivity index (χ3v) is 6.65. The second-order valence-corrected chi connectivity index (χ2v) is 10.8. The van der Waals surface area contributed by atoms with E-state index >= 15 is 0 Å². The van der Waals surface area contributed by atoms with E-state index in [1.165, 1.54) is 18.4 Å². The summed E-state index contributed by atoms with van der Waals surface area (Å²) in [6.07, 6.45) is 1.59. The number of carbonyl (C=O) groups excluding carboxylic acids is 4. The van der Waals surface area contributed by atoms with Gasteiger partial charge in [-0.25, -0.2) is 4.79 Å². The molecule has 0 radical (unpaired) electrons. The van der Waals surface area contributed by atoms with Crippen LogP contribution in [0, 0.1) is 0 Å². The molecule has 1 unspecified atom stereocenters. The Bertz CT molecular complexity index is 1180. The predicted octanol–water partition coefficient (Wildman–Crippen LogP) is -1.44. The zero-order valence-electron chi connectivity index (χ0n) is 22.5. The summed E-state index contributed by atoms with van der Waals surface area (Å²) >= 11 is -1.26. The maximum Gasteiger partial charge on any atom is 0.326 e. The van der Waals surface area contributed by atoms with Crippen molar-refractivity contribution in [3.63, 3.8) is 0 Å². The molecule has 0 saturated heterocycles. The van der Waals surface area contributed by atoms with E-state index in [9.17, 15) is 38.7 Å². The van der Waals surface area contributed by atoms with Gasteiger partial charge in [-0.15, -0.1) is 0 Å². The molecule has 0 aliphatic carbocycles. The van der Waals surface area contributed by atoms with Crippen molar-refractivity contribution in [2.45, 2.75) is 37.4 Å². The van der Waals surface area contributed by atoms with Gasteiger partial charge in [0.2, 0.25) is 23.6 Å². The standard InChI is InChI=1S/C27H35N5O8S/c1-41(40)12-11-21(27(38)39)32-26(37)22(14-17-5-3-2-4-6-17)31-24(35)16-29-23(34)15-30-25(36)20(28)13-18-7-9-19(33)10-8-18/h2-10,20-22,33H,11-16,28H2,1H3,(H,29,34)(H,30,36)(H,31,35)(H,32,37)(H,38,39)/t20-,21-,22-,41?/m0/s1. The molecule has 0 bridgehead atoms. The summed E-state index contributed by atoms with van der Waals surface area (Å²) in [6.45, 7) is -0.952. The lowest BCUT2D eigenvalue weighted by molar-refractivity contribution is -0.142. The van der Waals surface area contributed by atoms with E-state index in [-0.39, 0.29) is 30.8 Å². The molecule has 0 aromatic heterocycles. The van der Waals surface area contributed by atoms with Crippen LogP contribution in [0.25, 0.3) is 0 Å². The van der Waals surface area contributed by atoms with Crippen LogP contribution in [0.2, 0.25) is 0 Å². The average Bonchev–Trinajstić information content (AvgIpc) is 2.93. The average molecular weight is 590 g/mol. The highest BCUT2D eigenvalue weighted by Gasteiger charge is 2.27. The van der Waals surface area contributed by atoms with E-state index in [0.29, 0.717) is 5.56 Å². The number of nitrogens with one attached hydrogen (secondary N) is 4. The molecule has 13 nitrogen and oxygen atoms in total. The third kappa shape index (κ3) is 12.7. The number of hydrogen-bond donors (Lipinski definition) is 7. The third-order valence-electron chi connectivity index (χ3n) is 5.84. The Hall–Kier alpha value is -4.14. The number of carbonyl (C=O) groups is 5. The molecule has 0 spiro atoms. The van der Waals surface area contributed by atoms with Crippen LogP contribution in [0.15, 0.2) is 54.6 Å². The van der Waals surface area contributed by atoms with Gasteiger partial charge < -0.3 is 41.8 Å². The highest BCUT2D eigenvalue weighted by molar-refractivity contribution is 7.90. The molecular formula is C27H35N5O8S. The number of carboxylic acid groups (broad SMARTS) is 1. The normalized spacial score (nSPS) is 13.6. The monoisotopic (exact) mass is 589 g/mol. The summed E-state index contributed by atoms with van der Waals surface area (Å²) < 4.78 is 11.4. The predicted molar refractivity (Wildman–Crippen MR) is 151 cm³/mol. The van der Waals surface area contributed by atoms with E-state index in [4.69, 9.17) is 5.73 Å². The molecule has 0 heterocycles. The van der Waals surface area contributed by atoms with Gasteiger partial charge in [-0.3, -0.25) is 19.2 Å². The molecule has 0 aliphatic heterocycles. The zero-order valence-corrected chi connectivity index (χ0v) is 23.3. The Balaban J connectivity index is 1.89. The molecule has 2 aromatic carbocycles. The molecule has 222 valence electrons. The van der Waals surface area contributed by atoms with Crippen LogP contribution in [-0.4, -0.2) is 87.6 Å². The van der Waals surface area contributed by atoms with E-state index in [1.54, 1.807) is 42.5 Å². The highest BCUT2D eigenvalue weighted by Crippen LogP contribution is 2.11. The quantitative estimate of drug-likeness (QED) is 0.114. The number of phenols is 1. The number of carboxylic acids is 1. The number of nitrogens with two attached hydrogens (primary N) is 1. The topological polar surface area (TPSA) is 223 Å². The van der Waals surface area contributed by atoms with E-state index in [0.717, 1.165) is 5.56 Å². The molecule has 2 aromatic rings. The molecule has 41 heavy (non-hydrogen) atoms. The second kappa shape index (κ2) is 16.8. The summed E-state index contributed by atoms with van der Waals surface area (Å²) in [5.41, 5.74) is 7.29. The molecular weight excluding hydrogens is 554 g/mol. The molecule has 4 amide bonds. The van der Waals surface area contributed by atoms with Gasteiger partial charge in [-0.05, 0) is 29.7 Å². The van der Waals surface area contributed by atoms with E-state index in [1.807, 2.05) is 0 Å². The first kappa shape index (κ1) is 33.1. The fourth-order valence-electron chi connectivity index (χ4n) is 3.64. The summed E-state index contributed by atoms with van der Waals surface area (Å²) in [6, 6.07) is 11.5. The SMILES string of the molecule is C[S+]([O-])CC[C@H](NC(=O)[C@H](Cc1ccccc1)NC(=O)CNC(=O)CNC(=O)[C@@H](N)Cc1ccc(O)cc1)C(=O)O. The van der Waals surface area contributed by atoms with Gasteiger partial charge in [0.15, 0.2) is 0 Å². The van der Waals surface area contributed by atoms with Crippen LogP contribution in [0.1, 0.15) is 17.5 Å². The number of aromatic hydroxyl groups is 1. The lowest BCUT2D eigenvalue weighted by Crippen LogP contribution is -2.54. The van der Waals surface area contributed by atoms with Gasteiger partial charge in [-0.2, -0.15) is 0 Å².